The van der Waals surface area contributed by atoms with Crippen LogP contribution < -0.4 is 19.5 Å². The summed E-state index contributed by atoms with van der Waals surface area (Å²) < 4.78 is 17.0. The number of anilines is 1. The van der Waals surface area contributed by atoms with Gasteiger partial charge in [0.15, 0.2) is 18.1 Å². The van der Waals surface area contributed by atoms with Crippen LogP contribution in [0, 0.1) is 0 Å². The molecule has 34 heavy (non-hydrogen) atoms. The third kappa shape index (κ3) is 3.93. The maximum absolute atomic E-state index is 11.8. The molecule has 168 valence electrons. The van der Waals surface area contributed by atoms with Crippen molar-refractivity contribution < 1.29 is 19.0 Å². The number of fused-ring (bicyclic) bond motifs is 2. The van der Waals surface area contributed by atoms with Crippen LogP contribution in [0.5, 0.6) is 17.2 Å². The summed E-state index contributed by atoms with van der Waals surface area (Å²) in [6.45, 7) is 1.08. The molecule has 6 rings (SSSR count). The maximum Gasteiger partial charge on any atom is 0.262 e. The first-order valence-corrected chi connectivity index (χ1v) is 11.3. The van der Waals surface area contributed by atoms with Gasteiger partial charge in [0.25, 0.3) is 5.91 Å². The minimum Gasteiger partial charge on any atom is -0.486 e. The molecule has 1 N–H and O–H groups in total. The zero-order valence-corrected chi connectivity index (χ0v) is 18.8. The fourth-order valence-corrected chi connectivity index (χ4v) is 4.21. The number of carbonyl (C=O) groups excluding carboxylic acids is 1. The van der Waals surface area contributed by atoms with Crippen LogP contribution in [0.15, 0.2) is 72.8 Å². The number of hydrogen-bond acceptors (Lipinski definition) is 5. The number of hydrogen-bond donors (Lipinski definition) is 1. The summed E-state index contributed by atoms with van der Waals surface area (Å²) in [7, 11) is 0. The zero-order valence-electron chi connectivity index (χ0n) is 18.0. The number of rotatable bonds is 3. The average molecular weight is 471 g/mol. The lowest BCUT2D eigenvalue weighted by molar-refractivity contribution is -0.118. The Labute approximate surface area is 201 Å². The maximum atomic E-state index is 11.8. The molecule has 6 nitrogen and oxygen atoms in total. The normalized spacial score (nSPS) is 14.1. The van der Waals surface area contributed by atoms with Crippen LogP contribution in [0.3, 0.4) is 0 Å². The second-order valence-corrected chi connectivity index (χ2v) is 8.48. The van der Waals surface area contributed by atoms with Crippen LogP contribution in [-0.4, -0.2) is 30.7 Å². The van der Waals surface area contributed by atoms with E-state index in [1.165, 1.54) is 0 Å². The lowest BCUT2D eigenvalue weighted by atomic mass is 9.99. The molecule has 1 aromatic heterocycles. The first kappa shape index (κ1) is 20.6. The Hall–Kier alpha value is -4.03. The third-order valence-electron chi connectivity index (χ3n) is 5.75. The van der Waals surface area contributed by atoms with Gasteiger partial charge in [0.2, 0.25) is 0 Å². The second-order valence-electron chi connectivity index (χ2n) is 8.04. The van der Waals surface area contributed by atoms with E-state index in [2.05, 4.69) is 5.32 Å². The molecule has 3 heterocycles. The Morgan fingerprint density at radius 1 is 0.676 bits per heavy atom. The summed E-state index contributed by atoms with van der Waals surface area (Å²) in [5.41, 5.74) is 5.96. The minimum absolute atomic E-state index is 0.0188. The number of amides is 1. The van der Waals surface area contributed by atoms with Gasteiger partial charge in [-0.05, 0) is 71.8 Å². The molecule has 3 aromatic carbocycles. The average Bonchev–Trinajstić information content (AvgIpc) is 2.88. The van der Waals surface area contributed by atoms with Gasteiger partial charge in [0.1, 0.15) is 19.0 Å². The Balaban J connectivity index is 1.49. The van der Waals surface area contributed by atoms with Gasteiger partial charge in [-0.25, -0.2) is 4.98 Å². The van der Waals surface area contributed by atoms with Crippen molar-refractivity contribution in [2.45, 2.75) is 0 Å². The topological polar surface area (TPSA) is 69.7 Å². The van der Waals surface area contributed by atoms with E-state index in [1.54, 1.807) is 0 Å². The summed E-state index contributed by atoms with van der Waals surface area (Å²) in [4.78, 5) is 16.8. The van der Waals surface area contributed by atoms with Crippen molar-refractivity contribution in [1.82, 2.24) is 4.98 Å². The highest BCUT2D eigenvalue weighted by Gasteiger charge is 2.18. The smallest absolute Gasteiger partial charge is 0.262 e. The first-order chi connectivity index (χ1) is 16.6. The van der Waals surface area contributed by atoms with Crippen molar-refractivity contribution in [2.24, 2.45) is 0 Å². The molecule has 1 amide bonds. The van der Waals surface area contributed by atoms with Gasteiger partial charge in [0, 0.05) is 16.1 Å². The highest BCUT2D eigenvalue weighted by molar-refractivity contribution is 6.30. The molecule has 0 radical (unpaired) electrons. The number of halogens is 1. The van der Waals surface area contributed by atoms with Gasteiger partial charge in [-0.1, -0.05) is 23.7 Å². The van der Waals surface area contributed by atoms with Gasteiger partial charge in [0.05, 0.1) is 17.1 Å². The largest absolute Gasteiger partial charge is 0.486 e. The van der Waals surface area contributed by atoms with Gasteiger partial charge in [-0.15, -0.1) is 0 Å². The Morgan fingerprint density at radius 2 is 1.32 bits per heavy atom. The molecule has 2 aliphatic rings. The fourth-order valence-electron chi connectivity index (χ4n) is 4.08. The first-order valence-electron chi connectivity index (χ1n) is 10.9. The second kappa shape index (κ2) is 8.39. The van der Waals surface area contributed by atoms with Crippen molar-refractivity contribution in [1.29, 1.82) is 0 Å². The Bertz CT molecular complexity index is 1420. The van der Waals surface area contributed by atoms with Crippen molar-refractivity contribution in [3.63, 3.8) is 0 Å². The molecule has 0 unspecified atom stereocenters. The van der Waals surface area contributed by atoms with Gasteiger partial charge in [-0.2, -0.15) is 0 Å². The molecule has 0 bridgehead atoms. The number of ether oxygens (including phenoxy) is 3. The van der Waals surface area contributed by atoms with E-state index in [9.17, 15) is 4.79 Å². The van der Waals surface area contributed by atoms with Gasteiger partial charge in [-0.3, -0.25) is 4.79 Å². The molecule has 0 saturated carbocycles. The van der Waals surface area contributed by atoms with E-state index in [0.29, 0.717) is 35.4 Å². The number of nitrogens with zero attached hydrogens (tertiary/aromatic N) is 1. The molecule has 0 atom stereocenters. The summed E-state index contributed by atoms with van der Waals surface area (Å²) in [5, 5.41) is 3.54. The van der Waals surface area contributed by atoms with Crippen LogP contribution in [0.4, 0.5) is 5.69 Å². The SMILES string of the molecule is O=C1COc2ccc(-c3cc(-c4ccc(Cl)cc4)cc(-c4ccc5c(c4)OCCO5)n3)cc2N1. The molecule has 0 aliphatic carbocycles. The molecule has 2 aliphatic heterocycles. The Kier molecular flexibility index (Phi) is 5.08. The third-order valence-corrected chi connectivity index (χ3v) is 6.00. The molecule has 0 saturated heterocycles. The number of benzene rings is 3. The van der Waals surface area contributed by atoms with E-state index in [1.807, 2.05) is 72.8 Å². The Morgan fingerprint density at radius 3 is 2.09 bits per heavy atom. The highest BCUT2D eigenvalue weighted by atomic mass is 35.5. The summed E-state index contributed by atoms with van der Waals surface area (Å²) >= 11 is 6.12. The molecule has 0 spiro atoms. The number of pyridine rings is 1. The molecular weight excluding hydrogens is 452 g/mol. The lowest BCUT2D eigenvalue weighted by Crippen LogP contribution is -2.25. The lowest BCUT2D eigenvalue weighted by Gasteiger charge is -2.20. The van der Waals surface area contributed by atoms with Crippen LogP contribution >= 0.6 is 11.6 Å². The number of nitrogens with one attached hydrogen (secondary N) is 1. The van der Waals surface area contributed by atoms with E-state index < -0.39 is 0 Å². The predicted octanol–water partition coefficient (Wildman–Crippen LogP) is 5.84. The molecule has 0 fully saturated rings. The number of aromatic nitrogens is 1. The summed E-state index contributed by atoms with van der Waals surface area (Å²) in [5.74, 6) is 1.90. The van der Waals surface area contributed by atoms with Crippen molar-refractivity contribution in [3.05, 3.63) is 77.8 Å². The van der Waals surface area contributed by atoms with E-state index >= 15 is 0 Å². The van der Waals surface area contributed by atoms with E-state index in [-0.39, 0.29) is 12.5 Å². The zero-order chi connectivity index (χ0) is 23.1. The summed E-state index contributed by atoms with van der Waals surface area (Å²) in [6.07, 6.45) is 0. The van der Waals surface area contributed by atoms with Crippen molar-refractivity contribution in [2.75, 3.05) is 25.1 Å². The van der Waals surface area contributed by atoms with Crippen LogP contribution in [0.2, 0.25) is 5.02 Å². The molecular formula is C27H19ClN2O4. The molecule has 7 heteroatoms. The fraction of sp³-hybridized carbons (Fsp3) is 0.111. The summed E-state index contributed by atoms with van der Waals surface area (Å²) in [6, 6.07) is 23.3. The number of carbonyl (C=O) groups is 1. The van der Waals surface area contributed by atoms with Crippen LogP contribution in [-0.2, 0) is 4.79 Å². The van der Waals surface area contributed by atoms with Crippen molar-refractivity contribution >= 4 is 23.2 Å². The van der Waals surface area contributed by atoms with Crippen molar-refractivity contribution in [3.8, 4) is 50.9 Å². The van der Waals surface area contributed by atoms with E-state index in [0.717, 1.165) is 39.4 Å². The van der Waals surface area contributed by atoms with Gasteiger partial charge < -0.3 is 19.5 Å². The predicted molar refractivity (Wildman–Crippen MR) is 131 cm³/mol. The minimum atomic E-state index is -0.176. The van der Waals surface area contributed by atoms with Crippen LogP contribution in [0.1, 0.15) is 0 Å². The monoisotopic (exact) mass is 470 g/mol. The standard InChI is InChI=1S/C27H19ClN2O4/c28-20-5-1-16(2-6-20)19-12-21(17-3-7-24-23(11-17)30-27(31)15-34-24)29-22(13-19)18-4-8-25-26(14-18)33-10-9-32-25/h1-8,11-14H,9-10,15H2,(H,30,31). The van der Waals surface area contributed by atoms with Crippen LogP contribution in [0.25, 0.3) is 33.6 Å². The quantitative estimate of drug-likeness (QED) is 0.407. The van der Waals surface area contributed by atoms with Gasteiger partial charge >= 0.3 is 0 Å². The van der Waals surface area contributed by atoms with E-state index in [4.69, 9.17) is 30.8 Å². The molecule has 4 aromatic rings. The highest BCUT2D eigenvalue weighted by Crippen LogP contribution is 2.38.